The van der Waals surface area contributed by atoms with Crippen LogP contribution < -0.4 is 5.32 Å². The summed E-state index contributed by atoms with van der Waals surface area (Å²) in [6, 6.07) is 0.484. The summed E-state index contributed by atoms with van der Waals surface area (Å²) in [5.74, 6) is 0.446. The fourth-order valence-electron chi connectivity index (χ4n) is 1.85. The van der Waals surface area contributed by atoms with Gasteiger partial charge in [-0.05, 0) is 25.8 Å². The van der Waals surface area contributed by atoms with E-state index in [1.54, 1.807) is 0 Å². The number of piperidine rings is 1. The molecule has 1 N–H and O–H groups in total. The fourth-order valence-corrected chi connectivity index (χ4v) is 1.85. The summed E-state index contributed by atoms with van der Waals surface area (Å²) in [7, 11) is 0. The lowest BCUT2D eigenvalue weighted by molar-refractivity contribution is -0.119. The highest BCUT2D eigenvalue weighted by Crippen LogP contribution is 2.11. The van der Waals surface area contributed by atoms with E-state index >= 15 is 0 Å². The van der Waals surface area contributed by atoms with Crippen LogP contribution in [0.4, 0.5) is 0 Å². The Kier molecular flexibility index (Phi) is 5.06. The molecule has 0 aromatic carbocycles. The Bertz CT molecular complexity index is 150. The highest BCUT2D eigenvalue weighted by atomic mass is 16.1. The summed E-state index contributed by atoms with van der Waals surface area (Å²) in [6.07, 6.45) is 7.50. The maximum Gasteiger partial charge on any atom is 0.134 e. The smallest absolute Gasteiger partial charge is 0.134 e. The largest absolute Gasteiger partial charge is 0.314 e. The average Bonchev–Trinajstić information content (AvgIpc) is 2.16. The zero-order chi connectivity index (χ0) is 9.52. The number of hydrogen-bond acceptors (Lipinski definition) is 2. The van der Waals surface area contributed by atoms with Crippen LogP contribution in [0.25, 0.3) is 0 Å². The molecular formula is C11H21NO. The van der Waals surface area contributed by atoms with Gasteiger partial charge in [0.1, 0.15) is 5.78 Å². The molecule has 1 aliphatic heterocycles. The third kappa shape index (κ3) is 4.41. The summed E-state index contributed by atoms with van der Waals surface area (Å²) in [5.41, 5.74) is 0. The SMILES string of the molecule is CCCCC(=O)CC1CCCCN1. The molecule has 76 valence electrons. The minimum absolute atomic E-state index is 0.446. The van der Waals surface area contributed by atoms with Crippen LogP contribution in [-0.2, 0) is 4.79 Å². The van der Waals surface area contributed by atoms with E-state index in [2.05, 4.69) is 12.2 Å². The van der Waals surface area contributed by atoms with Crippen molar-refractivity contribution >= 4 is 5.78 Å². The third-order valence-corrected chi connectivity index (χ3v) is 2.70. The van der Waals surface area contributed by atoms with Crippen LogP contribution in [0.3, 0.4) is 0 Å². The van der Waals surface area contributed by atoms with E-state index in [1.165, 1.54) is 19.3 Å². The summed E-state index contributed by atoms with van der Waals surface area (Å²) in [5, 5.41) is 3.41. The van der Waals surface area contributed by atoms with Crippen LogP contribution in [0.2, 0.25) is 0 Å². The van der Waals surface area contributed by atoms with Gasteiger partial charge in [0, 0.05) is 18.9 Å². The highest BCUT2D eigenvalue weighted by Gasteiger charge is 2.15. The van der Waals surface area contributed by atoms with Gasteiger partial charge in [0.05, 0.1) is 0 Å². The van der Waals surface area contributed by atoms with Gasteiger partial charge in [0.2, 0.25) is 0 Å². The fraction of sp³-hybridized carbons (Fsp3) is 0.909. The highest BCUT2D eigenvalue weighted by molar-refractivity contribution is 5.78. The lowest BCUT2D eigenvalue weighted by Gasteiger charge is -2.22. The van der Waals surface area contributed by atoms with E-state index < -0.39 is 0 Å². The molecule has 1 heterocycles. The summed E-state index contributed by atoms with van der Waals surface area (Å²) >= 11 is 0. The van der Waals surface area contributed by atoms with Gasteiger partial charge in [-0.15, -0.1) is 0 Å². The zero-order valence-electron chi connectivity index (χ0n) is 8.64. The second-order valence-corrected chi connectivity index (χ2v) is 3.99. The first-order valence-electron chi connectivity index (χ1n) is 5.58. The molecule has 2 nitrogen and oxygen atoms in total. The van der Waals surface area contributed by atoms with E-state index in [9.17, 15) is 4.79 Å². The predicted molar refractivity (Wildman–Crippen MR) is 54.8 cm³/mol. The van der Waals surface area contributed by atoms with Gasteiger partial charge in [0.25, 0.3) is 0 Å². The van der Waals surface area contributed by atoms with Gasteiger partial charge >= 0.3 is 0 Å². The Hall–Kier alpha value is -0.370. The molecule has 13 heavy (non-hydrogen) atoms. The summed E-state index contributed by atoms with van der Waals surface area (Å²) < 4.78 is 0. The van der Waals surface area contributed by atoms with Crippen LogP contribution in [0.5, 0.6) is 0 Å². The first-order valence-corrected chi connectivity index (χ1v) is 5.58. The topological polar surface area (TPSA) is 29.1 Å². The summed E-state index contributed by atoms with van der Waals surface area (Å²) in [6.45, 7) is 3.23. The quantitative estimate of drug-likeness (QED) is 0.708. The monoisotopic (exact) mass is 183 g/mol. The number of rotatable bonds is 5. The maximum absolute atomic E-state index is 11.4. The van der Waals surface area contributed by atoms with E-state index in [-0.39, 0.29) is 0 Å². The van der Waals surface area contributed by atoms with Crippen molar-refractivity contribution in [1.82, 2.24) is 5.32 Å². The van der Waals surface area contributed by atoms with Gasteiger partial charge in [0.15, 0.2) is 0 Å². The Morgan fingerprint density at radius 1 is 1.46 bits per heavy atom. The predicted octanol–water partition coefficient (Wildman–Crippen LogP) is 2.28. The Morgan fingerprint density at radius 2 is 2.31 bits per heavy atom. The number of ketones is 1. The standard InChI is InChI=1S/C11H21NO/c1-2-3-7-11(13)9-10-6-4-5-8-12-10/h10,12H,2-9H2,1H3. The molecule has 0 radical (unpaired) electrons. The third-order valence-electron chi connectivity index (χ3n) is 2.70. The molecule has 0 saturated carbocycles. The van der Waals surface area contributed by atoms with Crippen LogP contribution in [0.15, 0.2) is 0 Å². The Balaban J connectivity index is 2.11. The molecule has 0 aromatic rings. The molecule has 1 aliphatic rings. The molecule has 0 bridgehead atoms. The first-order chi connectivity index (χ1) is 6.33. The average molecular weight is 183 g/mol. The van der Waals surface area contributed by atoms with Crippen LogP contribution in [0.1, 0.15) is 51.9 Å². The van der Waals surface area contributed by atoms with E-state index in [0.29, 0.717) is 11.8 Å². The lowest BCUT2D eigenvalue weighted by Crippen LogP contribution is -2.35. The van der Waals surface area contributed by atoms with Gasteiger partial charge in [-0.3, -0.25) is 4.79 Å². The van der Waals surface area contributed by atoms with E-state index in [4.69, 9.17) is 0 Å². The molecule has 1 saturated heterocycles. The number of unbranched alkanes of at least 4 members (excludes halogenated alkanes) is 1. The molecule has 1 rings (SSSR count). The Labute approximate surface area is 81.1 Å². The van der Waals surface area contributed by atoms with Crippen molar-refractivity contribution in [2.24, 2.45) is 0 Å². The van der Waals surface area contributed by atoms with Crippen LogP contribution in [0, 0.1) is 0 Å². The molecular weight excluding hydrogens is 162 g/mol. The lowest BCUT2D eigenvalue weighted by atomic mass is 9.98. The van der Waals surface area contributed by atoms with Gasteiger partial charge in [-0.1, -0.05) is 19.8 Å². The van der Waals surface area contributed by atoms with Gasteiger partial charge < -0.3 is 5.32 Å². The van der Waals surface area contributed by atoms with Gasteiger partial charge in [-0.25, -0.2) is 0 Å². The second kappa shape index (κ2) is 6.14. The number of nitrogens with one attached hydrogen (secondary N) is 1. The van der Waals surface area contributed by atoms with Crippen molar-refractivity contribution in [2.75, 3.05) is 6.54 Å². The molecule has 2 heteroatoms. The zero-order valence-corrected chi connectivity index (χ0v) is 8.64. The van der Waals surface area contributed by atoms with Crippen molar-refractivity contribution in [1.29, 1.82) is 0 Å². The molecule has 1 atom stereocenters. The normalized spacial score (nSPS) is 23.0. The minimum atomic E-state index is 0.446. The number of Topliss-reactive ketones (excluding diaryl/α,β-unsaturated/α-hetero) is 1. The Morgan fingerprint density at radius 3 is 2.92 bits per heavy atom. The van der Waals surface area contributed by atoms with Crippen molar-refractivity contribution in [3.63, 3.8) is 0 Å². The summed E-state index contributed by atoms with van der Waals surface area (Å²) in [4.78, 5) is 11.4. The number of hydrogen-bond donors (Lipinski definition) is 1. The molecule has 0 aromatic heterocycles. The minimum Gasteiger partial charge on any atom is -0.314 e. The molecule has 0 aliphatic carbocycles. The van der Waals surface area contributed by atoms with Crippen molar-refractivity contribution in [2.45, 2.75) is 57.9 Å². The van der Waals surface area contributed by atoms with Crippen molar-refractivity contribution in [3.05, 3.63) is 0 Å². The number of carbonyl (C=O) groups excluding carboxylic acids is 1. The van der Waals surface area contributed by atoms with Gasteiger partial charge in [-0.2, -0.15) is 0 Å². The number of carbonyl (C=O) groups is 1. The van der Waals surface area contributed by atoms with E-state index in [0.717, 1.165) is 32.2 Å². The molecule has 0 spiro atoms. The first kappa shape index (κ1) is 10.7. The molecule has 1 unspecified atom stereocenters. The maximum atomic E-state index is 11.4. The van der Waals surface area contributed by atoms with Crippen LogP contribution >= 0.6 is 0 Å². The molecule has 0 amide bonds. The van der Waals surface area contributed by atoms with Crippen LogP contribution in [-0.4, -0.2) is 18.4 Å². The van der Waals surface area contributed by atoms with Crippen molar-refractivity contribution < 1.29 is 4.79 Å². The van der Waals surface area contributed by atoms with E-state index in [1.807, 2.05) is 0 Å². The second-order valence-electron chi connectivity index (χ2n) is 3.99. The molecule has 1 fully saturated rings. The van der Waals surface area contributed by atoms with Crippen molar-refractivity contribution in [3.8, 4) is 0 Å².